The molecular formula is C18H27Cl2N3O. The first kappa shape index (κ1) is 19.5. The van der Waals surface area contributed by atoms with Gasteiger partial charge in [-0.2, -0.15) is 0 Å². The lowest BCUT2D eigenvalue weighted by Crippen LogP contribution is -2.41. The topological polar surface area (TPSA) is 35.6 Å². The van der Waals surface area contributed by atoms with Gasteiger partial charge in [0, 0.05) is 19.0 Å². The van der Waals surface area contributed by atoms with Gasteiger partial charge in [0.05, 0.1) is 10.0 Å². The lowest BCUT2D eigenvalue weighted by molar-refractivity contribution is -0.137. The summed E-state index contributed by atoms with van der Waals surface area (Å²) in [6, 6.07) is 5.60. The molecule has 0 bridgehead atoms. The predicted octanol–water partition coefficient (Wildman–Crippen LogP) is 3.27. The van der Waals surface area contributed by atoms with Crippen LogP contribution in [-0.4, -0.2) is 56.0 Å². The van der Waals surface area contributed by atoms with Gasteiger partial charge < -0.3 is 15.1 Å². The van der Waals surface area contributed by atoms with Gasteiger partial charge in [0.2, 0.25) is 5.91 Å². The van der Waals surface area contributed by atoms with Gasteiger partial charge in [-0.05, 0) is 70.7 Å². The third kappa shape index (κ3) is 5.92. The Bertz CT molecular complexity index is 545. The highest BCUT2D eigenvalue weighted by Gasteiger charge is 2.25. The maximum absolute atomic E-state index is 13.0. The first-order valence-electron chi connectivity index (χ1n) is 8.55. The van der Waals surface area contributed by atoms with Gasteiger partial charge in [-0.15, -0.1) is 0 Å². The molecule has 0 atom stereocenters. The van der Waals surface area contributed by atoms with Gasteiger partial charge in [-0.25, -0.2) is 0 Å². The number of carbonyl (C=O) groups is 1. The van der Waals surface area contributed by atoms with E-state index < -0.39 is 0 Å². The van der Waals surface area contributed by atoms with Crippen LogP contribution >= 0.6 is 23.2 Å². The Balaban J connectivity index is 2.05. The zero-order valence-electron chi connectivity index (χ0n) is 14.5. The quantitative estimate of drug-likeness (QED) is 0.798. The predicted molar refractivity (Wildman–Crippen MR) is 101 cm³/mol. The number of nitrogens with one attached hydrogen (secondary N) is 1. The molecule has 0 saturated carbocycles. The second kappa shape index (κ2) is 9.62. The first-order valence-corrected chi connectivity index (χ1v) is 9.31. The molecule has 134 valence electrons. The van der Waals surface area contributed by atoms with Crippen molar-refractivity contribution in [1.82, 2.24) is 15.1 Å². The van der Waals surface area contributed by atoms with E-state index in [1.165, 1.54) is 0 Å². The molecule has 0 aliphatic carbocycles. The summed E-state index contributed by atoms with van der Waals surface area (Å²) in [7, 11) is 4.11. The Morgan fingerprint density at radius 1 is 1.17 bits per heavy atom. The van der Waals surface area contributed by atoms with E-state index in [0.717, 1.165) is 51.0 Å². The molecule has 1 saturated heterocycles. The van der Waals surface area contributed by atoms with Crippen LogP contribution in [0.5, 0.6) is 0 Å². The SMILES string of the molecule is CN(C)CCCN(Cc1ccc(Cl)c(Cl)c1)C(=O)C1CCNCC1. The van der Waals surface area contributed by atoms with Crippen LogP contribution in [0.3, 0.4) is 0 Å². The van der Waals surface area contributed by atoms with Crippen molar-refractivity contribution < 1.29 is 4.79 Å². The summed E-state index contributed by atoms with van der Waals surface area (Å²) in [6.45, 7) is 4.18. The lowest BCUT2D eigenvalue weighted by atomic mass is 9.96. The Kier molecular flexibility index (Phi) is 7.82. The van der Waals surface area contributed by atoms with Crippen molar-refractivity contribution >= 4 is 29.1 Å². The molecule has 0 spiro atoms. The molecule has 2 rings (SSSR count). The molecule has 1 aliphatic heterocycles. The second-order valence-corrected chi connectivity index (χ2v) is 7.50. The van der Waals surface area contributed by atoms with Gasteiger partial charge in [0.25, 0.3) is 0 Å². The van der Waals surface area contributed by atoms with E-state index in [1.54, 1.807) is 6.07 Å². The summed E-state index contributed by atoms with van der Waals surface area (Å²) in [5, 5.41) is 4.40. The molecule has 1 amide bonds. The van der Waals surface area contributed by atoms with Crippen molar-refractivity contribution in [2.75, 3.05) is 40.3 Å². The minimum atomic E-state index is 0.133. The van der Waals surface area contributed by atoms with Crippen molar-refractivity contribution in [2.45, 2.75) is 25.8 Å². The molecule has 1 heterocycles. The van der Waals surface area contributed by atoms with Gasteiger partial charge in [-0.1, -0.05) is 29.3 Å². The van der Waals surface area contributed by atoms with E-state index in [2.05, 4.69) is 24.3 Å². The molecule has 4 nitrogen and oxygen atoms in total. The van der Waals surface area contributed by atoms with Crippen LogP contribution in [0.4, 0.5) is 0 Å². The number of carbonyl (C=O) groups excluding carboxylic acids is 1. The first-order chi connectivity index (χ1) is 11.5. The number of nitrogens with zero attached hydrogens (tertiary/aromatic N) is 2. The fraction of sp³-hybridized carbons (Fsp3) is 0.611. The lowest BCUT2D eigenvalue weighted by Gasteiger charge is -2.30. The summed E-state index contributed by atoms with van der Waals surface area (Å²) in [6.07, 6.45) is 2.81. The van der Waals surface area contributed by atoms with Crippen molar-refractivity contribution in [3.63, 3.8) is 0 Å². The van der Waals surface area contributed by atoms with Gasteiger partial charge in [0.1, 0.15) is 0 Å². The maximum Gasteiger partial charge on any atom is 0.226 e. The van der Waals surface area contributed by atoms with E-state index in [1.807, 2.05) is 17.0 Å². The molecule has 0 radical (unpaired) electrons. The van der Waals surface area contributed by atoms with Crippen molar-refractivity contribution in [2.24, 2.45) is 5.92 Å². The van der Waals surface area contributed by atoms with Gasteiger partial charge in [-0.3, -0.25) is 4.79 Å². The van der Waals surface area contributed by atoms with Gasteiger partial charge in [0.15, 0.2) is 0 Å². The molecule has 1 N–H and O–H groups in total. The Hall–Kier alpha value is -0.810. The van der Waals surface area contributed by atoms with Crippen molar-refractivity contribution in [3.05, 3.63) is 33.8 Å². The molecular weight excluding hydrogens is 345 g/mol. The van der Waals surface area contributed by atoms with Crippen LogP contribution < -0.4 is 5.32 Å². The molecule has 0 aromatic heterocycles. The fourth-order valence-electron chi connectivity index (χ4n) is 3.03. The highest BCUT2D eigenvalue weighted by Crippen LogP contribution is 2.24. The minimum Gasteiger partial charge on any atom is -0.338 e. The standard InChI is InChI=1S/C18H27Cl2N3O/c1-22(2)10-3-11-23(18(24)15-6-8-21-9-7-15)13-14-4-5-16(19)17(20)12-14/h4-5,12,15,21H,3,6-11,13H2,1-2H3. The fourth-order valence-corrected chi connectivity index (χ4v) is 3.35. The van der Waals surface area contributed by atoms with Crippen LogP contribution in [0.2, 0.25) is 10.0 Å². The Morgan fingerprint density at radius 3 is 2.50 bits per heavy atom. The van der Waals surface area contributed by atoms with E-state index in [4.69, 9.17) is 23.2 Å². The largest absolute Gasteiger partial charge is 0.338 e. The van der Waals surface area contributed by atoms with Crippen LogP contribution in [0, 0.1) is 5.92 Å². The van der Waals surface area contributed by atoms with E-state index in [0.29, 0.717) is 16.6 Å². The monoisotopic (exact) mass is 371 g/mol. The molecule has 1 fully saturated rings. The number of rotatable bonds is 7. The molecule has 0 unspecified atom stereocenters. The summed E-state index contributed by atoms with van der Waals surface area (Å²) < 4.78 is 0. The molecule has 24 heavy (non-hydrogen) atoms. The number of benzene rings is 1. The van der Waals surface area contributed by atoms with Crippen LogP contribution in [-0.2, 0) is 11.3 Å². The third-order valence-corrected chi connectivity index (χ3v) is 5.13. The molecule has 1 aromatic rings. The van der Waals surface area contributed by atoms with Crippen LogP contribution in [0.25, 0.3) is 0 Å². The number of halogens is 2. The summed E-state index contributed by atoms with van der Waals surface area (Å²) in [5.41, 5.74) is 1.02. The zero-order valence-corrected chi connectivity index (χ0v) is 16.0. The van der Waals surface area contributed by atoms with Gasteiger partial charge >= 0.3 is 0 Å². The maximum atomic E-state index is 13.0. The Labute approximate surface area is 155 Å². The number of hydrogen-bond donors (Lipinski definition) is 1. The highest BCUT2D eigenvalue weighted by atomic mass is 35.5. The molecule has 6 heteroatoms. The smallest absolute Gasteiger partial charge is 0.226 e. The average Bonchev–Trinajstić information content (AvgIpc) is 2.57. The van der Waals surface area contributed by atoms with Crippen molar-refractivity contribution in [3.8, 4) is 0 Å². The van der Waals surface area contributed by atoms with Crippen LogP contribution in [0.1, 0.15) is 24.8 Å². The minimum absolute atomic E-state index is 0.133. The highest BCUT2D eigenvalue weighted by molar-refractivity contribution is 6.42. The van der Waals surface area contributed by atoms with Crippen LogP contribution in [0.15, 0.2) is 18.2 Å². The number of amides is 1. The van der Waals surface area contributed by atoms with E-state index >= 15 is 0 Å². The van der Waals surface area contributed by atoms with E-state index in [-0.39, 0.29) is 11.8 Å². The second-order valence-electron chi connectivity index (χ2n) is 6.69. The average molecular weight is 372 g/mol. The summed E-state index contributed by atoms with van der Waals surface area (Å²) in [5.74, 6) is 0.398. The number of hydrogen-bond acceptors (Lipinski definition) is 3. The van der Waals surface area contributed by atoms with Crippen molar-refractivity contribution in [1.29, 1.82) is 0 Å². The van der Waals surface area contributed by atoms with E-state index in [9.17, 15) is 4.79 Å². The normalized spacial score (nSPS) is 15.7. The number of piperidine rings is 1. The zero-order chi connectivity index (χ0) is 17.5. The molecule has 1 aromatic carbocycles. The Morgan fingerprint density at radius 2 is 1.88 bits per heavy atom. The summed E-state index contributed by atoms with van der Waals surface area (Å²) >= 11 is 12.1. The third-order valence-electron chi connectivity index (χ3n) is 4.39. The summed E-state index contributed by atoms with van der Waals surface area (Å²) in [4.78, 5) is 17.1. The molecule has 1 aliphatic rings.